The third kappa shape index (κ3) is 3.24. The second kappa shape index (κ2) is 5.74. The van der Waals surface area contributed by atoms with Crippen LogP contribution in [0.3, 0.4) is 0 Å². The molecule has 2 aromatic rings. The molecule has 2 heterocycles. The number of amides is 2. The van der Waals surface area contributed by atoms with E-state index in [1.165, 1.54) is 22.8 Å². The molecular weight excluding hydrogens is 296 g/mol. The molecule has 0 fully saturated rings. The fourth-order valence-electron chi connectivity index (χ4n) is 1.60. The van der Waals surface area contributed by atoms with Gasteiger partial charge in [0, 0.05) is 5.38 Å². The van der Waals surface area contributed by atoms with E-state index in [1.807, 2.05) is 16.8 Å². The normalized spacial score (nSPS) is 13.7. The van der Waals surface area contributed by atoms with Crippen molar-refractivity contribution < 1.29 is 14.7 Å². The molecule has 1 atom stereocenters. The van der Waals surface area contributed by atoms with Gasteiger partial charge in [-0.2, -0.15) is 11.3 Å². The van der Waals surface area contributed by atoms with E-state index in [9.17, 15) is 14.7 Å². The van der Waals surface area contributed by atoms with Crippen LogP contribution in [0.2, 0.25) is 0 Å². The minimum Gasteiger partial charge on any atom is -0.384 e. The molecule has 20 heavy (non-hydrogen) atoms. The number of carbonyl (C=O) groups is 2. The van der Waals surface area contributed by atoms with Gasteiger partial charge >= 0.3 is 0 Å². The van der Waals surface area contributed by atoms with Crippen molar-refractivity contribution in [3.05, 3.63) is 44.3 Å². The zero-order valence-electron chi connectivity index (χ0n) is 10.8. The summed E-state index contributed by atoms with van der Waals surface area (Å²) in [6, 6.07) is 3.26. The number of carbonyl (C=O) groups excluding carboxylic acids is 2. The first-order valence-corrected chi connectivity index (χ1v) is 7.64. The fourth-order valence-corrected chi connectivity index (χ4v) is 3.19. The minimum atomic E-state index is -1.13. The lowest BCUT2D eigenvalue weighted by Crippen LogP contribution is -2.38. The van der Waals surface area contributed by atoms with Crippen molar-refractivity contribution in [3.8, 4) is 0 Å². The average Bonchev–Trinajstić information content (AvgIpc) is 3.06. The van der Waals surface area contributed by atoms with Crippen LogP contribution in [0, 0.1) is 0 Å². The summed E-state index contributed by atoms with van der Waals surface area (Å²) in [5.41, 5.74) is 5.07. The van der Waals surface area contributed by atoms with Gasteiger partial charge in [0.05, 0.1) is 17.0 Å². The average molecular weight is 310 g/mol. The number of thiophene rings is 2. The molecule has 5 nitrogen and oxygen atoms in total. The Balaban J connectivity index is 1.99. The largest absolute Gasteiger partial charge is 0.384 e. The number of nitrogens with two attached hydrogens (primary N) is 1. The Morgan fingerprint density at radius 2 is 2.20 bits per heavy atom. The highest BCUT2D eigenvalue weighted by molar-refractivity contribution is 7.12. The van der Waals surface area contributed by atoms with Crippen LogP contribution >= 0.6 is 22.7 Å². The number of aliphatic hydroxyl groups is 1. The zero-order valence-corrected chi connectivity index (χ0v) is 12.4. The molecule has 4 N–H and O–H groups in total. The molecule has 0 spiro atoms. The number of hydrogen-bond donors (Lipinski definition) is 3. The third-order valence-electron chi connectivity index (χ3n) is 2.84. The van der Waals surface area contributed by atoms with Gasteiger partial charge in [-0.3, -0.25) is 9.59 Å². The highest BCUT2D eigenvalue weighted by atomic mass is 32.1. The van der Waals surface area contributed by atoms with Crippen LogP contribution < -0.4 is 11.1 Å². The predicted molar refractivity (Wildman–Crippen MR) is 79.1 cm³/mol. The highest BCUT2D eigenvalue weighted by Crippen LogP contribution is 2.22. The number of hydrogen-bond acceptors (Lipinski definition) is 5. The van der Waals surface area contributed by atoms with Crippen molar-refractivity contribution in [3.63, 3.8) is 0 Å². The van der Waals surface area contributed by atoms with Gasteiger partial charge in [0.25, 0.3) is 5.91 Å². The van der Waals surface area contributed by atoms with E-state index in [-0.39, 0.29) is 12.5 Å². The SMILES string of the molecule is CC(O)(CNC(=O)c1cc(C(N)=O)cs1)c1ccsc1. The lowest BCUT2D eigenvalue weighted by Gasteiger charge is -2.22. The first-order chi connectivity index (χ1) is 9.40. The summed E-state index contributed by atoms with van der Waals surface area (Å²) in [4.78, 5) is 23.3. The van der Waals surface area contributed by atoms with Crippen LogP contribution in [0.4, 0.5) is 0 Å². The van der Waals surface area contributed by atoms with Crippen molar-refractivity contribution >= 4 is 34.5 Å². The Kier molecular flexibility index (Phi) is 4.22. The summed E-state index contributed by atoms with van der Waals surface area (Å²) >= 11 is 2.62. The number of rotatable bonds is 5. The van der Waals surface area contributed by atoms with Gasteiger partial charge in [0.15, 0.2) is 0 Å². The highest BCUT2D eigenvalue weighted by Gasteiger charge is 2.24. The molecule has 2 aromatic heterocycles. The van der Waals surface area contributed by atoms with Crippen molar-refractivity contribution in [2.24, 2.45) is 5.73 Å². The quantitative estimate of drug-likeness (QED) is 0.782. The fraction of sp³-hybridized carbons (Fsp3) is 0.231. The Morgan fingerprint density at radius 1 is 1.45 bits per heavy atom. The van der Waals surface area contributed by atoms with Crippen LogP contribution in [0.1, 0.15) is 32.5 Å². The molecule has 0 saturated carbocycles. The second-order valence-corrected chi connectivity index (χ2v) is 6.22. The van der Waals surface area contributed by atoms with Crippen molar-refractivity contribution in [2.75, 3.05) is 6.54 Å². The summed E-state index contributed by atoms with van der Waals surface area (Å²) in [5, 5.41) is 18.2. The summed E-state index contributed by atoms with van der Waals surface area (Å²) in [6.07, 6.45) is 0. The molecule has 2 amide bonds. The van der Waals surface area contributed by atoms with Gasteiger partial charge in [0.2, 0.25) is 5.91 Å². The van der Waals surface area contributed by atoms with Crippen LogP contribution in [-0.2, 0) is 5.60 Å². The molecule has 0 aromatic carbocycles. The van der Waals surface area contributed by atoms with Crippen LogP contribution in [-0.4, -0.2) is 23.5 Å². The Labute approximate surface area is 124 Å². The Hall–Kier alpha value is -1.70. The van der Waals surface area contributed by atoms with E-state index in [0.29, 0.717) is 10.4 Å². The molecule has 2 rings (SSSR count). The first kappa shape index (κ1) is 14.7. The van der Waals surface area contributed by atoms with Gasteiger partial charge in [-0.1, -0.05) is 0 Å². The smallest absolute Gasteiger partial charge is 0.261 e. The Morgan fingerprint density at radius 3 is 2.75 bits per heavy atom. The number of nitrogens with one attached hydrogen (secondary N) is 1. The molecule has 106 valence electrons. The number of primary amides is 1. The molecular formula is C13H14N2O3S2. The molecule has 0 bridgehead atoms. The van der Waals surface area contributed by atoms with E-state index >= 15 is 0 Å². The van der Waals surface area contributed by atoms with Gasteiger partial charge in [-0.25, -0.2) is 0 Å². The van der Waals surface area contributed by atoms with Crippen molar-refractivity contribution in [1.29, 1.82) is 0 Å². The van der Waals surface area contributed by atoms with Crippen molar-refractivity contribution in [2.45, 2.75) is 12.5 Å². The second-order valence-electron chi connectivity index (χ2n) is 4.53. The van der Waals surface area contributed by atoms with Gasteiger partial charge in [-0.05, 0) is 35.4 Å². The maximum absolute atomic E-state index is 11.9. The summed E-state index contributed by atoms with van der Waals surface area (Å²) in [5.74, 6) is -0.899. The monoisotopic (exact) mass is 310 g/mol. The van der Waals surface area contributed by atoms with Crippen LogP contribution in [0.25, 0.3) is 0 Å². The maximum Gasteiger partial charge on any atom is 0.261 e. The molecule has 0 aliphatic heterocycles. The Bertz CT molecular complexity index is 617. The molecule has 0 saturated heterocycles. The van der Waals surface area contributed by atoms with Gasteiger partial charge in [-0.15, -0.1) is 11.3 Å². The van der Waals surface area contributed by atoms with E-state index < -0.39 is 11.5 Å². The third-order valence-corrected chi connectivity index (χ3v) is 4.46. The molecule has 0 radical (unpaired) electrons. The first-order valence-electron chi connectivity index (χ1n) is 5.82. The summed E-state index contributed by atoms with van der Waals surface area (Å²) in [7, 11) is 0. The van der Waals surface area contributed by atoms with E-state index in [4.69, 9.17) is 5.73 Å². The lowest BCUT2D eigenvalue weighted by atomic mass is 9.99. The van der Waals surface area contributed by atoms with E-state index in [1.54, 1.807) is 6.92 Å². The predicted octanol–water partition coefficient (Wildman–Crippen LogP) is 1.55. The standard InChI is InChI=1S/C13H14N2O3S2/c1-13(18,9-2-3-19-6-9)7-15-12(17)10-4-8(5-20-10)11(14)16/h2-6,18H,7H2,1H3,(H2,14,16)(H,15,17). The maximum atomic E-state index is 11.9. The molecule has 7 heteroatoms. The summed E-state index contributed by atoms with van der Waals surface area (Å²) < 4.78 is 0. The van der Waals surface area contributed by atoms with Crippen LogP contribution in [0.15, 0.2) is 28.3 Å². The summed E-state index contributed by atoms with van der Waals surface area (Å²) in [6.45, 7) is 1.73. The van der Waals surface area contributed by atoms with E-state index in [2.05, 4.69) is 5.32 Å². The minimum absolute atomic E-state index is 0.0897. The molecule has 1 unspecified atom stereocenters. The molecule has 0 aliphatic rings. The van der Waals surface area contributed by atoms with E-state index in [0.717, 1.165) is 16.9 Å². The zero-order chi connectivity index (χ0) is 14.8. The van der Waals surface area contributed by atoms with Gasteiger partial charge in [0.1, 0.15) is 5.60 Å². The molecule has 0 aliphatic carbocycles. The lowest BCUT2D eigenvalue weighted by molar-refractivity contribution is 0.0531. The van der Waals surface area contributed by atoms with Crippen molar-refractivity contribution in [1.82, 2.24) is 5.32 Å². The topological polar surface area (TPSA) is 92.4 Å². The van der Waals surface area contributed by atoms with Crippen LogP contribution in [0.5, 0.6) is 0 Å². The van der Waals surface area contributed by atoms with Gasteiger partial charge < -0.3 is 16.2 Å².